The number of hydrogen-bond acceptors (Lipinski definition) is 5. The highest BCUT2D eigenvalue weighted by Crippen LogP contribution is 2.32. The number of aryl methyl sites for hydroxylation is 2. The van der Waals surface area contributed by atoms with Crippen molar-refractivity contribution < 1.29 is 4.79 Å². The van der Waals surface area contributed by atoms with Crippen molar-refractivity contribution >= 4 is 46.6 Å². The molecule has 6 nitrogen and oxygen atoms in total. The van der Waals surface area contributed by atoms with Gasteiger partial charge in [-0.3, -0.25) is 9.36 Å². The van der Waals surface area contributed by atoms with E-state index < -0.39 is 0 Å². The van der Waals surface area contributed by atoms with E-state index in [0.29, 0.717) is 16.5 Å². The topological polar surface area (TPSA) is 54.3 Å². The van der Waals surface area contributed by atoms with Gasteiger partial charge in [-0.05, 0) is 50.1 Å². The predicted octanol–water partition coefficient (Wildman–Crippen LogP) is 7.08. The first kappa shape index (κ1) is 27.6. The van der Waals surface area contributed by atoms with Gasteiger partial charge in [-0.2, -0.15) is 0 Å². The number of para-hydroxylation sites is 1. The van der Waals surface area contributed by atoms with Gasteiger partial charge < -0.3 is 9.80 Å². The minimum Gasteiger partial charge on any atom is -0.368 e. The van der Waals surface area contributed by atoms with Crippen LogP contribution in [0.5, 0.6) is 0 Å². The van der Waals surface area contributed by atoms with Gasteiger partial charge in [0.05, 0.1) is 15.7 Å². The lowest BCUT2D eigenvalue weighted by Crippen LogP contribution is -2.49. The van der Waals surface area contributed by atoms with E-state index in [1.54, 1.807) is 17.8 Å². The van der Waals surface area contributed by atoms with Crippen LogP contribution in [0.2, 0.25) is 10.0 Å². The SMILES string of the molecule is Cc1ccc(-c2nnc(SCCCC(=O)N3CCN(c4ccccc4C)CC3)n2-c2ccc(Cl)c(Cl)c2)cc1. The summed E-state index contributed by atoms with van der Waals surface area (Å²) in [6, 6.07) is 22.2. The summed E-state index contributed by atoms with van der Waals surface area (Å²) in [5.74, 6) is 1.70. The third-order valence-corrected chi connectivity index (χ3v) is 8.71. The van der Waals surface area contributed by atoms with Crippen molar-refractivity contribution in [1.82, 2.24) is 19.7 Å². The molecule has 5 rings (SSSR count). The summed E-state index contributed by atoms with van der Waals surface area (Å²) in [6.45, 7) is 7.42. The number of aromatic nitrogens is 3. The molecule has 1 aliphatic rings. The van der Waals surface area contributed by atoms with Crippen LogP contribution in [-0.4, -0.2) is 57.5 Å². The van der Waals surface area contributed by atoms with Gasteiger partial charge in [0, 0.05) is 49.6 Å². The maximum Gasteiger partial charge on any atom is 0.222 e. The number of piperazine rings is 1. The van der Waals surface area contributed by atoms with E-state index in [-0.39, 0.29) is 5.91 Å². The molecule has 1 amide bonds. The number of thioether (sulfide) groups is 1. The highest BCUT2D eigenvalue weighted by atomic mass is 35.5. The van der Waals surface area contributed by atoms with Gasteiger partial charge in [-0.1, -0.05) is 83.0 Å². The van der Waals surface area contributed by atoms with E-state index in [9.17, 15) is 4.79 Å². The van der Waals surface area contributed by atoms with Crippen LogP contribution >= 0.6 is 35.0 Å². The molecule has 202 valence electrons. The molecule has 9 heteroatoms. The molecular weight excluding hydrogens is 549 g/mol. The molecule has 0 spiro atoms. The van der Waals surface area contributed by atoms with Gasteiger partial charge in [0.1, 0.15) is 0 Å². The Morgan fingerprint density at radius 2 is 1.64 bits per heavy atom. The Labute approximate surface area is 243 Å². The minimum absolute atomic E-state index is 0.214. The lowest BCUT2D eigenvalue weighted by molar-refractivity contribution is -0.131. The van der Waals surface area contributed by atoms with Crippen LogP contribution < -0.4 is 4.90 Å². The molecule has 2 heterocycles. The first-order valence-corrected chi connectivity index (χ1v) is 14.8. The predicted molar refractivity (Wildman–Crippen MR) is 161 cm³/mol. The summed E-state index contributed by atoms with van der Waals surface area (Å²) < 4.78 is 2.00. The lowest BCUT2D eigenvalue weighted by atomic mass is 10.1. The van der Waals surface area contributed by atoms with Gasteiger partial charge >= 0.3 is 0 Å². The minimum atomic E-state index is 0.214. The Morgan fingerprint density at radius 3 is 2.36 bits per heavy atom. The van der Waals surface area contributed by atoms with E-state index in [0.717, 1.165) is 60.6 Å². The standard InChI is InChI=1S/C30H31Cl2N5OS/c1-21-9-11-23(12-10-21)29-33-34-30(37(29)24-13-14-25(31)26(32)20-24)39-19-5-8-28(38)36-17-15-35(16-18-36)27-7-4-3-6-22(27)2/h3-4,6-7,9-14,20H,5,8,15-19H2,1-2H3. The zero-order valence-corrected chi connectivity index (χ0v) is 24.4. The molecule has 1 saturated heterocycles. The number of carbonyl (C=O) groups is 1. The summed E-state index contributed by atoms with van der Waals surface area (Å²) in [5.41, 5.74) is 5.52. The molecule has 0 atom stereocenters. The highest BCUT2D eigenvalue weighted by Gasteiger charge is 2.22. The van der Waals surface area contributed by atoms with Crippen LogP contribution in [-0.2, 0) is 4.79 Å². The van der Waals surface area contributed by atoms with E-state index in [4.69, 9.17) is 23.2 Å². The van der Waals surface area contributed by atoms with Crippen LogP contribution in [0.4, 0.5) is 5.69 Å². The summed E-state index contributed by atoms with van der Waals surface area (Å²) in [5, 5.41) is 10.7. The van der Waals surface area contributed by atoms with Gasteiger partial charge in [0.15, 0.2) is 11.0 Å². The van der Waals surface area contributed by atoms with E-state index >= 15 is 0 Å². The Morgan fingerprint density at radius 1 is 0.897 bits per heavy atom. The fraction of sp³-hybridized carbons (Fsp3) is 0.300. The highest BCUT2D eigenvalue weighted by molar-refractivity contribution is 7.99. The number of halogens is 2. The van der Waals surface area contributed by atoms with Crippen molar-refractivity contribution in [1.29, 1.82) is 0 Å². The molecule has 1 aliphatic heterocycles. The largest absolute Gasteiger partial charge is 0.368 e. The molecule has 1 fully saturated rings. The second-order valence-corrected chi connectivity index (χ2v) is 11.6. The molecule has 1 aromatic heterocycles. The zero-order chi connectivity index (χ0) is 27.4. The van der Waals surface area contributed by atoms with E-state index in [2.05, 4.69) is 65.3 Å². The molecule has 0 aliphatic carbocycles. The summed E-state index contributed by atoms with van der Waals surface area (Å²) in [7, 11) is 0. The molecule has 0 saturated carbocycles. The third-order valence-electron chi connectivity index (χ3n) is 6.96. The number of anilines is 1. The first-order chi connectivity index (χ1) is 18.9. The second kappa shape index (κ2) is 12.5. The second-order valence-electron chi connectivity index (χ2n) is 9.71. The van der Waals surface area contributed by atoms with Crippen molar-refractivity contribution in [2.45, 2.75) is 31.8 Å². The molecular formula is C30H31Cl2N5OS. The average molecular weight is 581 g/mol. The Bertz CT molecular complexity index is 1450. The van der Waals surface area contributed by atoms with Gasteiger partial charge in [0.25, 0.3) is 0 Å². The third kappa shape index (κ3) is 6.43. The fourth-order valence-corrected chi connectivity index (χ4v) is 5.95. The van der Waals surface area contributed by atoms with Crippen molar-refractivity contribution in [3.63, 3.8) is 0 Å². The summed E-state index contributed by atoms with van der Waals surface area (Å²) >= 11 is 14.1. The van der Waals surface area contributed by atoms with Crippen molar-refractivity contribution in [3.8, 4) is 17.1 Å². The number of amides is 1. The fourth-order valence-electron chi connectivity index (χ4n) is 4.77. The molecule has 0 N–H and O–H groups in total. The zero-order valence-electron chi connectivity index (χ0n) is 22.1. The Kier molecular flexibility index (Phi) is 8.80. The van der Waals surface area contributed by atoms with Gasteiger partial charge in [-0.15, -0.1) is 10.2 Å². The average Bonchev–Trinajstić information content (AvgIpc) is 3.37. The summed E-state index contributed by atoms with van der Waals surface area (Å²) in [4.78, 5) is 17.3. The van der Waals surface area contributed by atoms with Crippen LogP contribution in [0, 0.1) is 13.8 Å². The van der Waals surface area contributed by atoms with Crippen LogP contribution in [0.1, 0.15) is 24.0 Å². The molecule has 0 radical (unpaired) electrons. The first-order valence-electron chi connectivity index (χ1n) is 13.1. The quantitative estimate of drug-likeness (QED) is 0.165. The van der Waals surface area contributed by atoms with Gasteiger partial charge in [0.2, 0.25) is 5.91 Å². The van der Waals surface area contributed by atoms with Crippen LogP contribution in [0.25, 0.3) is 17.1 Å². The Hall–Kier alpha value is -3.00. The number of carbonyl (C=O) groups excluding carboxylic acids is 1. The molecule has 3 aromatic carbocycles. The maximum atomic E-state index is 12.9. The van der Waals surface area contributed by atoms with Crippen molar-refractivity contribution in [2.75, 3.05) is 36.8 Å². The maximum absolute atomic E-state index is 12.9. The Balaban J connectivity index is 1.21. The monoisotopic (exact) mass is 579 g/mol. The molecule has 4 aromatic rings. The number of hydrogen-bond donors (Lipinski definition) is 0. The van der Waals surface area contributed by atoms with Crippen molar-refractivity contribution in [2.24, 2.45) is 0 Å². The lowest BCUT2D eigenvalue weighted by Gasteiger charge is -2.36. The van der Waals surface area contributed by atoms with Crippen LogP contribution in [0.15, 0.2) is 71.9 Å². The molecule has 0 bridgehead atoms. The number of benzene rings is 3. The molecule has 39 heavy (non-hydrogen) atoms. The number of rotatable bonds is 8. The molecule has 0 unspecified atom stereocenters. The van der Waals surface area contributed by atoms with E-state index in [1.807, 2.05) is 33.7 Å². The van der Waals surface area contributed by atoms with E-state index in [1.165, 1.54) is 16.8 Å². The van der Waals surface area contributed by atoms with Crippen LogP contribution in [0.3, 0.4) is 0 Å². The van der Waals surface area contributed by atoms with Crippen molar-refractivity contribution in [3.05, 3.63) is 87.9 Å². The normalized spacial score (nSPS) is 13.6. The summed E-state index contributed by atoms with van der Waals surface area (Å²) in [6.07, 6.45) is 1.28. The smallest absolute Gasteiger partial charge is 0.222 e. The van der Waals surface area contributed by atoms with Gasteiger partial charge in [-0.25, -0.2) is 0 Å². The number of nitrogens with zero attached hydrogens (tertiary/aromatic N) is 5.